The van der Waals surface area contributed by atoms with Gasteiger partial charge in [0.1, 0.15) is 6.07 Å². The molecule has 358 valence electrons. The minimum Gasteiger partial charge on any atom is -0.453 e. The van der Waals surface area contributed by atoms with E-state index in [1.807, 2.05) is 72.8 Å². The van der Waals surface area contributed by atoms with Gasteiger partial charge < -0.3 is 33.0 Å². The molecule has 14 aromatic rings. The monoisotopic (exact) mass is 993 g/mol. The Morgan fingerprint density at radius 3 is 1.27 bits per heavy atom. The first-order valence-electron chi connectivity index (χ1n) is 26.1. The van der Waals surface area contributed by atoms with Gasteiger partial charge in [-0.25, -0.2) is 4.85 Å². The van der Waals surface area contributed by atoms with Crippen LogP contribution >= 0.6 is 0 Å². The van der Waals surface area contributed by atoms with Gasteiger partial charge in [-0.15, -0.1) is 0 Å². The van der Waals surface area contributed by atoms with Crippen LogP contribution in [0.5, 0.6) is 23.0 Å². The Bertz CT molecular complexity index is 4780. The number of hydrogen-bond donors (Lipinski definition) is 0. The SMILES string of the molecule is [C-]#[N+]c1c(-n2c3ccc(N4c5ccccc5Oc5ccccc54)cc3c3cc(N4c5ccccc5Oc5ccccc54)ccc32)c(C#N)c2c3c1-n1c4ccccc4c4cccc(c41)B3c1cccc3c4ccccc4n-2c13. The second kappa shape index (κ2) is 14.9. The first-order valence-corrected chi connectivity index (χ1v) is 26.1. The molecule has 18 rings (SSSR count). The average Bonchev–Trinajstić information content (AvgIpc) is 4.27. The number of nitriles is 1. The van der Waals surface area contributed by atoms with Crippen LogP contribution in [0.4, 0.5) is 39.8 Å². The molecule has 0 saturated carbocycles. The van der Waals surface area contributed by atoms with Gasteiger partial charge in [0, 0.05) is 54.7 Å². The summed E-state index contributed by atoms with van der Waals surface area (Å²) >= 11 is 0. The number of anilines is 6. The van der Waals surface area contributed by atoms with Gasteiger partial charge in [-0.1, -0.05) is 121 Å². The lowest BCUT2D eigenvalue weighted by Gasteiger charge is -2.36. The van der Waals surface area contributed by atoms with Crippen molar-refractivity contribution in [2.24, 2.45) is 0 Å². The van der Waals surface area contributed by atoms with Crippen molar-refractivity contribution in [3.8, 4) is 46.1 Å². The van der Waals surface area contributed by atoms with Crippen LogP contribution in [0.1, 0.15) is 5.56 Å². The summed E-state index contributed by atoms with van der Waals surface area (Å²) in [6.45, 7) is 9.32. The van der Waals surface area contributed by atoms with Crippen LogP contribution in [0, 0.1) is 17.9 Å². The predicted octanol–water partition coefficient (Wildman–Crippen LogP) is 15.7. The molecule has 0 spiro atoms. The number of nitrogens with zero attached hydrogens (tertiary/aromatic N) is 7. The highest BCUT2D eigenvalue weighted by Gasteiger charge is 2.45. The van der Waals surface area contributed by atoms with Gasteiger partial charge in [-0.05, 0) is 113 Å². The van der Waals surface area contributed by atoms with E-state index in [0.717, 1.165) is 150 Å². The molecule has 4 aliphatic heterocycles. The van der Waals surface area contributed by atoms with Gasteiger partial charge >= 0.3 is 0 Å². The predicted molar refractivity (Wildman–Crippen MR) is 315 cm³/mol. The van der Waals surface area contributed by atoms with Crippen LogP contribution < -0.4 is 35.7 Å². The number of fused-ring (bicyclic) bond motifs is 17. The minimum absolute atomic E-state index is 0.264. The van der Waals surface area contributed by atoms with Gasteiger partial charge in [0.05, 0.1) is 74.0 Å². The largest absolute Gasteiger partial charge is 0.453 e. The van der Waals surface area contributed by atoms with Crippen molar-refractivity contribution in [3.63, 3.8) is 0 Å². The van der Waals surface area contributed by atoms with E-state index in [4.69, 9.17) is 9.47 Å². The number of para-hydroxylation sites is 12. The maximum absolute atomic E-state index is 12.3. The summed E-state index contributed by atoms with van der Waals surface area (Å²) in [5, 5.41) is 18.6. The summed E-state index contributed by atoms with van der Waals surface area (Å²) in [6, 6.07) is 79.0. The van der Waals surface area contributed by atoms with Gasteiger partial charge in [0.25, 0.3) is 6.71 Å². The van der Waals surface area contributed by atoms with E-state index in [0.29, 0.717) is 16.9 Å². The Kier molecular flexibility index (Phi) is 7.91. The summed E-state index contributed by atoms with van der Waals surface area (Å²) in [4.78, 5) is 9.22. The molecular weight excluding hydrogens is 958 g/mol. The molecule has 7 heterocycles. The molecule has 0 saturated heterocycles. The van der Waals surface area contributed by atoms with Crippen LogP contribution in [0.15, 0.2) is 218 Å². The highest BCUT2D eigenvalue weighted by atomic mass is 16.5. The van der Waals surface area contributed by atoms with Crippen LogP contribution in [0.2, 0.25) is 0 Å². The zero-order chi connectivity index (χ0) is 51.1. The van der Waals surface area contributed by atoms with Crippen molar-refractivity contribution in [3.05, 3.63) is 235 Å². The molecule has 10 heteroatoms. The zero-order valence-electron chi connectivity index (χ0n) is 41.3. The third kappa shape index (κ3) is 5.09. The van der Waals surface area contributed by atoms with Crippen LogP contribution in [0.25, 0.3) is 87.3 Å². The van der Waals surface area contributed by atoms with E-state index < -0.39 is 0 Å². The average molecular weight is 994 g/mol. The Morgan fingerprint density at radius 2 is 0.808 bits per heavy atom. The Hall–Kier alpha value is -10.9. The van der Waals surface area contributed by atoms with E-state index in [2.05, 4.69) is 180 Å². The summed E-state index contributed by atoms with van der Waals surface area (Å²) in [6.07, 6.45) is 0. The van der Waals surface area contributed by atoms with Crippen LogP contribution in [-0.4, -0.2) is 20.4 Å². The van der Waals surface area contributed by atoms with Crippen molar-refractivity contribution in [2.45, 2.75) is 0 Å². The molecule has 9 nitrogen and oxygen atoms in total. The molecule has 0 bridgehead atoms. The fraction of sp³-hybridized carbons (Fsp3) is 0. The Morgan fingerprint density at radius 1 is 0.397 bits per heavy atom. The van der Waals surface area contributed by atoms with E-state index in [-0.39, 0.29) is 6.71 Å². The Labute approximate surface area is 445 Å². The molecule has 0 N–H and O–H groups in total. The standard InChI is InChI=1S/C68H36BN7O2/c1-71-63-67(47(38-70)66-62-68(63)76-51-23-5-3-17-42(51)44-19-15-21-49(65(44)76)69(62)48-20-14-18-43-41-16-2-4-22-50(41)75(66)64(43)48)74-52-34-32-39(72-54-24-6-10-28-58(54)77-59-29-11-7-25-55(59)72)36-45(52)46-37-40(33-35-53(46)74)73-56-26-8-12-30-60(56)78-61-31-13-9-27-57(61)73/h2-37H. The fourth-order valence-electron chi connectivity index (χ4n) is 13.9. The first kappa shape index (κ1) is 41.4. The van der Waals surface area contributed by atoms with Crippen LogP contribution in [0.3, 0.4) is 0 Å². The molecule has 0 amide bonds. The van der Waals surface area contributed by atoms with Gasteiger partial charge in [-0.3, -0.25) is 0 Å². The van der Waals surface area contributed by atoms with Crippen molar-refractivity contribution < 1.29 is 9.47 Å². The number of hydrogen-bond acceptors (Lipinski definition) is 5. The highest BCUT2D eigenvalue weighted by Crippen LogP contribution is 2.55. The van der Waals surface area contributed by atoms with Crippen molar-refractivity contribution >= 4 is 128 Å². The van der Waals surface area contributed by atoms with Gasteiger partial charge in [-0.2, -0.15) is 5.26 Å². The number of rotatable bonds is 3. The molecule has 0 fully saturated rings. The zero-order valence-corrected chi connectivity index (χ0v) is 41.3. The molecule has 78 heavy (non-hydrogen) atoms. The van der Waals surface area contributed by atoms with Crippen LogP contribution in [-0.2, 0) is 0 Å². The van der Waals surface area contributed by atoms with E-state index in [1.54, 1.807) is 0 Å². The van der Waals surface area contributed by atoms with Crippen molar-refractivity contribution in [1.82, 2.24) is 13.7 Å². The number of benzene rings is 11. The lowest BCUT2D eigenvalue weighted by molar-refractivity contribution is 0.477. The van der Waals surface area contributed by atoms with Crippen molar-refractivity contribution in [2.75, 3.05) is 9.80 Å². The Balaban J connectivity index is 1.01. The molecule has 0 unspecified atom stereocenters. The molecule has 0 atom stereocenters. The summed E-state index contributed by atoms with van der Waals surface area (Å²) in [5.41, 5.74) is 17.7. The number of ether oxygens (including phenoxy) is 2. The topological polar surface area (TPSA) is 67.9 Å². The smallest absolute Gasteiger partial charge is 0.250 e. The lowest BCUT2D eigenvalue weighted by Crippen LogP contribution is -2.59. The molecule has 0 aliphatic carbocycles. The van der Waals surface area contributed by atoms with E-state index >= 15 is 0 Å². The molecule has 3 aromatic heterocycles. The first-order chi connectivity index (χ1) is 38.7. The molecule has 11 aromatic carbocycles. The summed E-state index contributed by atoms with van der Waals surface area (Å²) in [7, 11) is 0. The second-order valence-electron chi connectivity index (χ2n) is 20.5. The molecule has 4 aliphatic rings. The summed E-state index contributed by atoms with van der Waals surface area (Å²) < 4.78 is 19.9. The lowest BCUT2D eigenvalue weighted by atomic mass is 9.34. The van der Waals surface area contributed by atoms with E-state index in [9.17, 15) is 11.8 Å². The highest BCUT2D eigenvalue weighted by molar-refractivity contribution is 7.00. The quantitative estimate of drug-likeness (QED) is 0.130. The third-order valence-corrected chi connectivity index (χ3v) is 16.8. The second-order valence-corrected chi connectivity index (χ2v) is 20.5. The molecular formula is C68H36BN7O2. The van der Waals surface area contributed by atoms with Crippen molar-refractivity contribution in [1.29, 1.82) is 5.26 Å². The van der Waals surface area contributed by atoms with E-state index in [1.165, 1.54) is 0 Å². The number of aromatic nitrogens is 3. The molecule has 0 radical (unpaired) electrons. The maximum Gasteiger partial charge on any atom is 0.250 e. The maximum atomic E-state index is 12.3. The van der Waals surface area contributed by atoms with Gasteiger partial charge in [0.15, 0.2) is 23.0 Å². The minimum atomic E-state index is -0.264. The fourth-order valence-corrected chi connectivity index (χ4v) is 13.9. The normalized spacial score (nSPS) is 13.2. The summed E-state index contributed by atoms with van der Waals surface area (Å²) in [5.74, 6) is 3.03. The van der Waals surface area contributed by atoms with Gasteiger partial charge in [0.2, 0.25) is 5.69 Å². The third-order valence-electron chi connectivity index (χ3n) is 16.8.